The highest BCUT2D eigenvalue weighted by Crippen LogP contribution is 2.45. The number of rotatable bonds is 9. The standard InChI is InChI=1S/C28H26FN3O3S/c1-16-10-23(24(29)14-30-16)27-28(25-9-6-17(2)36-25)32-20(13-31-27)15-35-21-5-3-4-19(11-21)22(12-26(33)34)18-7-8-18/h3-6,9-11,13-14,18,22H,7-8,12,15H2,1-2H3,(H,33,34)/t22-/m0/s1. The third-order valence-corrected chi connectivity index (χ3v) is 7.31. The normalized spacial score (nSPS) is 14.0. The maximum absolute atomic E-state index is 14.7. The molecule has 1 aliphatic rings. The average molecular weight is 504 g/mol. The smallest absolute Gasteiger partial charge is 0.303 e. The number of nitrogens with zero attached hydrogens (tertiary/aromatic N) is 3. The number of aromatic nitrogens is 3. The highest BCUT2D eigenvalue weighted by molar-refractivity contribution is 7.15. The first-order valence-corrected chi connectivity index (χ1v) is 12.7. The number of aryl methyl sites for hydroxylation is 2. The fraction of sp³-hybridized carbons (Fsp3) is 0.286. The maximum Gasteiger partial charge on any atom is 0.303 e. The fourth-order valence-electron chi connectivity index (χ4n) is 4.39. The fourth-order valence-corrected chi connectivity index (χ4v) is 5.24. The number of halogens is 1. The highest BCUT2D eigenvalue weighted by atomic mass is 32.1. The van der Waals surface area contributed by atoms with Crippen molar-refractivity contribution in [2.75, 3.05) is 0 Å². The van der Waals surface area contributed by atoms with Crippen molar-refractivity contribution in [1.29, 1.82) is 0 Å². The molecule has 1 aliphatic carbocycles. The molecule has 1 N–H and O–H groups in total. The Morgan fingerprint density at radius 2 is 1.97 bits per heavy atom. The van der Waals surface area contributed by atoms with Crippen LogP contribution < -0.4 is 4.74 Å². The van der Waals surface area contributed by atoms with Gasteiger partial charge in [0.1, 0.15) is 23.7 Å². The van der Waals surface area contributed by atoms with Gasteiger partial charge in [-0.3, -0.25) is 14.8 Å². The molecule has 0 aliphatic heterocycles. The molecule has 0 radical (unpaired) electrons. The summed E-state index contributed by atoms with van der Waals surface area (Å²) in [5, 5.41) is 9.33. The molecule has 0 bridgehead atoms. The summed E-state index contributed by atoms with van der Waals surface area (Å²) in [4.78, 5) is 26.8. The molecule has 0 spiro atoms. The zero-order chi connectivity index (χ0) is 25.2. The number of carboxylic acid groups (broad SMARTS) is 1. The molecule has 3 aromatic heterocycles. The lowest BCUT2D eigenvalue weighted by Gasteiger charge is -2.16. The van der Waals surface area contributed by atoms with Crippen molar-refractivity contribution in [3.63, 3.8) is 0 Å². The van der Waals surface area contributed by atoms with Gasteiger partial charge in [0, 0.05) is 16.1 Å². The van der Waals surface area contributed by atoms with E-state index in [9.17, 15) is 14.3 Å². The summed E-state index contributed by atoms with van der Waals surface area (Å²) in [5.41, 5.74) is 3.72. The Hall–Kier alpha value is -3.65. The summed E-state index contributed by atoms with van der Waals surface area (Å²) >= 11 is 1.57. The van der Waals surface area contributed by atoms with Crippen molar-refractivity contribution >= 4 is 17.3 Å². The van der Waals surface area contributed by atoms with Crippen LogP contribution in [0.25, 0.3) is 21.8 Å². The van der Waals surface area contributed by atoms with Gasteiger partial charge in [0.2, 0.25) is 0 Å². The van der Waals surface area contributed by atoms with E-state index in [2.05, 4.69) is 9.97 Å². The van der Waals surface area contributed by atoms with Gasteiger partial charge >= 0.3 is 5.97 Å². The Morgan fingerprint density at radius 3 is 2.69 bits per heavy atom. The van der Waals surface area contributed by atoms with Crippen LogP contribution in [0, 0.1) is 25.6 Å². The zero-order valence-electron chi connectivity index (χ0n) is 20.1. The van der Waals surface area contributed by atoms with E-state index < -0.39 is 11.8 Å². The van der Waals surface area contributed by atoms with Crippen LogP contribution in [0.3, 0.4) is 0 Å². The lowest BCUT2D eigenvalue weighted by atomic mass is 9.91. The lowest BCUT2D eigenvalue weighted by Crippen LogP contribution is -2.09. The summed E-state index contributed by atoms with van der Waals surface area (Å²) < 4.78 is 20.7. The minimum atomic E-state index is -0.786. The van der Waals surface area contributed by atoms with E-state index in [0.717, 1.165) is 28.2 Å². The molecule has 1 atom stereocenters. The number of hydrogen-bond acceptors (Lipinski definition) is 6. The third-order valence-electron chi connectivity index (χ3n) is 6.30. The quantitative estimate of drug-likeness (QED) is 0.278. The van der Waals surface area contributed by atoms with Gasteiger partial charge in [-0.25, -0.2) is 9.37 Å². The number of pyridine rings is 1. The van der Waals surface area contributed by atoms with Crippen molar-refractivity contribution in [1.82, 2.24) is 15.0 Å². The van der Waals surface area contributed by atoms with Crippen LogP contribution in [0.4, 0.5) is 4.39 Å². The number of ether oxygens (including phenoxy) is 1. The Morgan fingerprint density at radius 1 is 1.14 bits per heavy atom. The van der Waals surface area contributed by atoms with E-state index in [1.54, 1.807) is 23.6 Å². The van der Waals surface area contributed by atoms with E-state index in [0.29, 0.717) is 40.0 Å². The molecule has 6 nitrogen and oxygen atoms in total. The second-order valence-electron chi connectivity index (χ2n) is 9.18. The molecule has 3 heterocycles. The summed E-state index contributed by atoms with van der Waals surface area (Å²) in [7, 11) is 0. The van der Waals surface area contributed by atoms with Crippen LogP contribution in [0.2, 0.25) is 0 Å². The summed E-state index contributed by atoms with van der Waals surface area (Å²) in [6.07, 6.45) is 5.06. The van der Waals surface area contributed by atoms with Crippen molar-refractivity contribution in [3.05, 3.63) is 82.5 Å². The van der Waals surface area contributed by atoms with Gasteiger partial charge in [0.25, 0.3) is 0 Å². The summed E-state index contributed by atoms with van der Waals surface area (Å²) in [6.45, 7) is 4.00. The number of hydrogen-bond donors (Lipinski definition) is 1. The van der Waals surface area contributed by atoms with Gasteiger partial charge in [0.05, 0.1) is 29.4 Å². The molecule has 0 amide bonds. The molecule has 0 unspecified atom stereocenters. The van der Waals surface area contributed by atoms with Crippen LogP contribution >= 0.6 is 11.3 Å². The molecular weight excluding hydrogens is 477 g/mol. The van der Waals surface area contributed by atoms with E-state index in [1.807, 2.05) is 50.2 Å². The monoisotopic (exact) mass is 503 g/mol. The molecule has 4 aromatic rings. The number of thiophene rings is 1. The van der Waals surface area contributed by atoms with E-state index >= 15 is 0 Å². The lowest BCUT2D eigenvalue weighted by molar-refractivity contribution is -0.137. The molecule has 0 saturated heterocycles. The molecule has 1 aromatic carbocycles. The number of benzene rings is 1. The van der Waals surface area contributed by atoms with Crippen molar-refractivity contribution in [2.24, 2.45) is 5.92 Å². The van der Waals surface area contributed by atoms with Crippen LogP contribution in [-0.4, -0.2) is 26.0 Å². The number of carboxylic acids is 1. The minimum Gasteiger partial charge on any atom is -0.487 e. The number of carbonyl (C=O) groups is 1. The van der Waals surface area contributed by atoms with Gasteiger partial charge in [-0.15, -0.1) is 11.3 Å². The van der Waals surface area contributed by atoms with Crippen molar-refractivity contribution < 1.29 is 19.0 Å². The molecule has 36 heavy (non-hydrogen) atoms. The molecule has 184 valence electrons. The molecular formula is C28H26FN3O3S. The predicted octanol–water partition coefficient (Wildman–Crippen LogP) is 6.57. The van der Waals surface area contributed by atoms with Crippen molar-refractivity contribution in [2.45, 2.75) is 45.6 Å². The highest BCUT2D eigenvalue weighted by Gasteiger charge is 2.33. The topological polar surface area (TPSA) is 85.2 Å². The Labute approximate surface area is 212 Å². The zero-order valence-corrected chi connectivity index (χ0v) is 20.9. The molecule has 1 saturated carbocycles. The second kappa shape index (κ2) is 10.1. The first-order valence-electron chi connectivity index (χ1n) is 11.9. The first-order chi connectivity index (χ1) is 17.4. The summed E-state index contributed by atoms with van der Waals surface area (Å²) in [6, 6.07) is 13.3. The van der Waals surface area contributed by atoms with Gasteiger partial charge < -0.3 is 9.84 Å². The van der Waals surface area contributed by atoms with Crippen molar-refractivity contribution in [3.8, 4) is 27.6 Å². The molecule has 5 rings (SSSR count). The van der Waals surface area contributed by atoms with Crippen LogP contribution in [0.1, 0.15) is 47.0 Å². The molecule has 1 fully saturated rings. The van der Waals surface area contributed by atoms with Gasteiger partial charge in [0.15, 0.2) is 5.82 Å². The van der Waals surface area contributed by atoms with Gasteiger partial charge in [-0.05, 0) is 74.4 Å². The average Bonchev–Trinajstić information content (AvgIpc) is 3.62. The van der Waals surface area contributed by atoms with Gasteiger partial charge in [-0.1, -0.05) is 12.1 Å². The largest absolute Gasteiger partial charge is 0.487 e. The van der Waals surface area contributed by atoms with E-state index in [1.165, 1.54) is 6.20 Å². The first kappa shape index (κ1) is 24.1. The SMILES string of the molecule is Cc1cc(-c2ncc(COc3cccc([C@@H](CC(=O)O)C4CC4)c3)nc2-c2ccc(C)s2)c(F)cn1. The number of aliphatic carboxylic acids is 1. The van der Waals surface area contributed by atoms with Crippen LogP contribution in [-0.2, 0) is 11.4 Å². The second-order valence-corrected chi connectivity index (χ2v) is 10.5. The Bertz CT molecular complexity index is 1420. The van der Waals surface area contributed by atoms with E-state index in [-0.39, 0.29) is 18.9 Å². The Balaban J connectivity index is 1.42. The van der Waals surface area contributed by atoms with Crippen LogP contribution in [0.15, 0.2) is 54.9 Å². The maximum atomic E-state index is 14.7. The van der Waals surface area contributed by atoms with Crippen LogP contribution in [0.5, 0.6) is 5.75 Å². The molecule has 8 heteroatoms. The predicted molar refractivity (Wildman–Crippen MR) is 136 cm³/mol. The van der Waals surface area contributed by atoms with E-state index in [4.69, 9.17) is 9.72 Å². The Kier molecular flexibility index (Phi) is 6.78. The van der Waals surface area contributed by atoms with Gasteiger partial charge in [-0.2, -0.15) is 0 Å². The minimum absolute atomic E-state index is 0.00230. The summed E-state index contributed by atoms with van der Waals surface area (Å²) in [5.74, 6) is -0.164. The third kappa shape index (κ3) is 5.44.